The Bertz CT molecular complexity index is 611. The number of primary amides is 1. The Kier molecular flexibility index (Phi) is 4.48. The molecule has 20 heavy (non-hydrogen) atoms. The van der Waals surface area contributed by atoms with Crippen molar-refractivity contribution in [3.63, 3.8) is 0 Å². The minimum Gasteiger partial charge on any atom is -0.381 e. The molecule has 0 heterocycles. The molecule has 0 saturated carbocycles. The fourth-order valence-electron chi connectivity index (χ4n) is 1.87. The number of nitrogens with one attached hydrogen (secondary N) is 2. The van der Waals surface area contributed by atoms with Crippen molar-refractivity contribution in [3.8, 4) is 0 Å². The first-order valence-corrected chi connectivity index (χ1v) is 6.58. The number of carbonyl (C=O) groups is 1. The quantitative estimate of drug-likeness (QED) is 0.802. The second kappa shape index (κ2) is 6.30. The number of carbonyl (C=O) groups excluding carboxylic acids is 1. The van der Waals surface area contributed by atoms with E-state index in [9.17, 15) is 4.79 Å². The van der Waals surface area contributed by atoms with E-state index in [-0.39, 0.29) is 0 Å². The van der Waals surface area contributed by atoms with Gasteiger partial charge in [-0.05, 0) is 54.4 Å². The molecule has 2 aromatic carbocycles. The van der Waals surface area contributed by atoms with Gasteiger partial charge in [0.2, 0.25) is 0 Å². The average molecular weight is 290 g/mol. The third-order valence-electron chi connectivity index (χ3n) is 2.94. The maximum absolute atomic E-state index is 10.7. The van der Waals surface area contributed by atoms with Crippen molar-refractivity contribution >= 4 is 29.0 Å². The smallest absolute Gasteiger partial charge is 0.316 e. The minimum atomic E-state index is -0.567. The Balaban J connectivity index is 1.98. The molecule has 104 valence electrons. The number of anilines is 2. The van der Waals surface area contributed by atoms with Gasteiger partial charge in [-0.2, -0.15) is 0 Å². The molecule has 2 aromatic rings. The highest BCUT2D eigenvalue weighted by atomic mass is 35.5. The predicted octanol–water partition coefficient (Wildman–Crippen LogP) is 3.75. The van der Waals surface area contributed by atoms with Crippen LogP contribution < -0.4 is 16.4 Å². The van der Waals surface area contributed by atoms with Crippen LogP contribution >= 0.6 is 11.6 Å². The SMILES string of the molecule is Cc1cc(Cl)ccc1CNc1ccc(NC(N)=O)cc1. The van der Waals surface area contributed by atoms with Gasteiger partial charge in [-0.15, -0.1) is 0 Å². The third kappa shape index (κ3) is 3.90. The molecule has 0 fully saturated rings. The van der Waals surface area contributed by atoms with Gasteiger partial charge in [-0.3, -0.25) is 0 Å². The van der Waals surface area contributed by atoms with Crippen LogP contribution in [0.2, 0.25) is 5.02 Å². The molecule has 0 saturated heterocycles. The van der Waals surface area contributed by atoms with E-state index >= 15 is 0 Å². The summed E-state index contributed by atoms with van der Waals surface area (Å²) in [7, 11) is 0. The molecular weight excluding hydrogens is 274 g/mol. The summed E-state index contributed by atoms with van der Waals surface area (Å²) in [5.41, 5.74) is 9.03. The zero-order chi connectivity index (χ0) is 14.5. The van der Waals surface area contributed by atoms with Crippen LogP contribution in [0.5, 0.6) is 0 Å². The van der Waals surface area contributed by atoms with Gasteiger partial charge >= 0.3 is 6.03 Å². The first-order valence-electron chi connectivity index (χ1n) is 6.20. The number of urea groups is 1. The summed E-state index contributed by atoms with van der Waals surface area (Å²) in [6, 6.07) is 12.6. The van der Waals surface area contributed by atoms with Gasteiger partial charge in [0.1, 0.15) is 0 Å². The molecule has 4 nitrogen and oxygen atoms in total. The zero-order valence-corrected chi connectivity index (χ0v) is 11.9. The normalized spacial score (nSPS) is 10.1. The molecule has 0 aliphatic heterocycles. The summed E-state index contributed by atoms with van der Waals surface area (Å²) in [5.74, 6) is 0. The van der Waals surface area contributed by atoms with Gasteiger partial charge in [-0.25, -0.2) is 4.79 Å². The molecule has 0 radical (unpaired) electrons. The number of hydrogen-bond donors (Lipinski definition) is 3. The van der Waals surface area contributed by atoms with E-state index in [4.69, 9.17) is 17.3 Å². The Labute approximate surface area is 122 Å². The second-order valence-corrected chi connectivity index (χ2v) is 4.93. The lowest BCUT2D eigenvalue weighted by Crippen LogP contribution is -2.19. The molecule has 0 spiro atoms. The van der Waals surface area contributed by atoms with Crippen molar-refractivity contribution in [2.75, 3.05) is 10.6 Å². The van der Waals surface area contributed by atoms with E-state index in [0.717, 1.165) is 16.3 Å². The maximum atomic E-state index is 10.7. The highest BCUT2D eigenvalue weighted by Crippen LogP contribution is 2.18. The summed E-state index contributed by atoms with van der Waals surface area (Å²) >= 11 is 5.93. The zero-order valence-electron chi connectivity index (χ0n) is 11.1. The van der Waals surface area contributed by atoms with Crippen molar-refractivity contribution in [2.24, 2.45) is 5.73 Å². The lowest BCUT2D eigenvalue weighted by atomic mass is 10.1. The minimum absolute atomic E-state index is 0.567. The Morgan fingerprint density at radius 2 is 1.80 bits per heavy atom. The van der Waals surface area contributed by atoms with Crippen LogP contribution in [0.4, 0.5) is 16.2 Å². The highest BCUT2D eigenvalue weighted by molar-refractivity contribution is 6.30. The van der Waals surface area contributed by atoms with Crippen LogP contribution in [0, 0.1) is 6.92 Å². The number of benzene rings is 2. The predicted molar refractivity (Wildman–Crippen MR) is 83.2 cm³/mol. The van der Waals surface area contributed by atoms with Crippen molar-refractivity contribution in [2.45, 2.75) is 13.5 Å². The summed E-state index contributed by atoms with van der Waals surface area (Å²) in [6.45, 7) is 2.74. The Hall–Kier alpha value is -2.20. The highest BCUT2D eigenvalue weighted by Gasteiger charge is 2.00. The lowest BCUT2D eigenvalue weighted by Gasteiger charge is -2.10. The van der Waals surface area contributed by atoms with E-state index in [0.29, 0.717) is 12.2 Å². The van der Waals surface area contributed by atoms with Crippen molar-refractivity contribution in [3.05, 3.63) is 58.6 Å². The fraction of sp³-hybridized carbons (Fsp3) is 0.133. The van der Waals surface area contributed by atoms with E-state index in [1.807, 2.05) is 37.3 Å². The van der Waals surface area contributed by atoms with Crippen LogP contribution in [-0.4, -0.2) is 6.03 Å². The number of rotatable bonds is 4. The number of nitrogens with two attached hydrogens (primary N) is 1. The molecule has 2 amide bonds. The first-order chi connectivity index (χ1) is 9.54. The summed E-state index contributed by atoms with van der Waals surface area (Å²) in [6.07, 6.45) is 0. The van der Waals surface area contributed by atoms with Gasteiger partial charge < -0.3 is 16.4 Å². The molecule has 0 aliphatic rings. The van der Waals surface area contributed by atoms with E-state index in [1.165, 1.54) is 5.56 Å². The van der Waals surface area contributed by atoms with E-state index in [2.05, 4.69) is 10.6 Å². The summed E-state index contributed by atoms with van der Waals surface area (Å²) in [4.78, 5) is 10.7. The monoisotopic (exact) mass is 289 g/mol. The largest absolute Gasteiger partial charge is 0.381 e. The fourth-order valence-corrected chi connectivity index (χ4v) is 2.10. The van der Waals surface area contributed by atoms with Crippen LogP contribution in [0.25, 0.3) is 0 Å². The topological polar surface area (TPSA) is 67.2 Å². The van der Waals surface area contributed by atoms with Crippen molar-refractivity contribution in [1.29, 1.82) is 0 Å². The molecule has 0 bridgehead atoms. The molecule has 0 aliphatic carbocycles. The van der Waals surface area contributed by atoms with Gasteiger partial charge in [0.15, 0.2) is 0 Å². The number of aryl methyl sites for hydroxylation is 1. The standard InChI is InChI=1S/C15H16ClN3O/c1-10-8-12(16)3-2-11(10)9-18-13-4-6-14(7-5-13)19-15(17)20/h2-8,18H,9H2,1H3,(H3,17,19,20). The molecule has 4 N–H and O–H groups in total. The van der Waals surface area contributed by atoms with Crippen LogP contribution in [0.15, 0.2) is 42.5 Å². The molecular formula is C15H16ClN3O. The molecule has 0 aromatic heterocycles. The van der Waals surface area contributed by atoms with Crippen molar-refractivity contribution < 1.29 is 4.79 Å². The number of hydrogen-bond acceptors (Lipinski definition) is 2. The number of halogens is 1. The van der Waals surface area contributed by atoms with Gasteiger partial charge in [0.05, 0.1) is 0 Å². The lowest BCUT2D eigenvalue weighted by molar-refractivity contribution is 0.259. The van der Waals surface area contributed by atoms with Crippen LogP contribution in [0.3, 0.4) is 0 Å². The maximum Gasteiger partial charge on any atom is 0.316 e. The first kappa shape index (κ1) is 14.2. The van der Waals surface area contributed by atoms with Gasteiger partial charge in [-0.1, -0.05) is 17.7 Å². The summed E-state index contributed by atoms with van der Waals surface area (Å²) < 4.78 is 0. The summed E-state index contributed by atoms with van der Waals surface area (Å²) in [5, 5.41) is 6.58. The average Bonchev–Trinajstić information content (AvgIpc) is 2.39. The molecule has 0 unspecified atom stereocenters. The Morgan fingerprint density at radius 3 is 2.40 bits per heavy atom. The number of amides is 2. The van der Waals surface area contributed by atoms with Gasteiger partial charge in [0.25, 0.3) is 0 Å². The van der Waals surface area contributed by atoms with E-state index in [1.54, 1.807) is 12.1 Å². The van der Waals surface area contributed by atoms with Crippen LogP contribution in [0.1, 0.15) is 11.1 Å². The molecule has 0 atom stereocenters. The third-order valence-corrected chi connectivity index (χ3v) is 3.18. The van der Waals surface area contributed by atoms with Crippen LogP contribution in [-0.2, 0) is 6.54 Å². The van der Waals surface area contributed by atoms with Crippen molar-refractivity contribution in [1.82, 2.24) is 0 Å². The Morgan fingerprint density at radius 1 is 1.15 bits per heavy atom. The molecule has 2 rings (SSSR count). The second-order valence-electron chi connectivity index (χ2n) is 4.49. The van der Waals surface area contributed by atoms with E-state index < -0.39 is 6.03 Å². The molecule has 5 heteroatoms. The van der Waals surface area contributed by atoms with Gasteiger partial charge in [0, 0.05) is 22.9 Å².